The summed E-state index contributed by atoms with van der Waals surface area (Å²) in [6.07, 6.45) is 1.37. The first-order valence-corrected chi connectivity index (χ1v) is 7.26. The molecule has 1 unspecified atom stereocenters. The van der Waals surface area contributed by atoms with Crippen LogP contribution in [-0.2, 0) is 19.4 Å². The van der Waals surface area contributed by atoms with Crippen molar-refractivity contribution in [3.05, 3.63) is 0 Å². The lowest BCUT2D eigenvalue weighted by atomic mass is 10.2. The highest BCUT2D eigenvalue weighted by atomic mass is 32.2. The van der Waals surface area contributed by atoms with Gasteiger partial charge in [0, 0.05) is 0 Å². The fourth-order valence-corrected chi connectivity index (χ4v) is 2.44. The third kappa shape index (κ3) is 5.49. The fourth-order valence-electron chi connectivity index (χ4n) is 1.05. The summed E-state index contributed by atoms with van der Waals surface area (Å²) in [7, 11) is -3.37. The maximum Gasteiger partial charge on any atom is 0.324 e. The smallest absolute Gasteiger partial charge is 0.324 e. The normalized spacial score (nSPS) is 14.6. The van der Waals surface area contributed by atoms with E-state index in [-0.39, 0.29) is 5.75 Å². The molecule has 0 aromatic carbocycles. The van der Waals surface area contributed by atoms with E-state index in [0.29, 0.717) is 6.42 Å². The van der Waals surface area contributed by atoms with Crippen molar-refractivity contribution in [2.24, 2.45) is 0 Å². The molecule has 96 valence electrons. The van der Waals surface area contributed by atoms with E-state index in [1.807, 2.05) is 6.92 Å². The van der Waals surface area contributed by atoms with Crippen LogP contribution in [0.15, 0.2) is 0 Å². The molecule has 0 aromatic heterocycles. The van der Waals surface area contributed by atoms with Crippen molar-refractivity contribution < 1.29 is 17.9 Å². The summed E-state index contributed by atoms with van der Waals surface area (Å²) in [6, 6.07) is 0. The summed E-state index contributed by atoms with van der Waals surface area (Å²) < 4.78 is 28.5. The highest BCUT2D eigenvalue weighted by Gasteiger charge is 2.31. The van der Waals surface area contributed by atoms with Gasteiger partial charge >= 0.3 is 5.97 Å². The minimum absolute atomic E-state index is 0.0455. The second kappa shape index (κ2) is 5.66. The molecule has 0 aliphatic rings. The highest BCUT2D eigenvalue weighted by molar-refractivity contribution is 7.92. The van der Waals surface area contributed by atoms with Gasteiger partial charge in [-0.05, 0) is 34.1 Å². The van der Waals surface area contributed by atoms with Gasteiger partial charge in [-0.1, -0.05) is 13.3 Å². The number of carbonyl (C=O) groups excluding carboxylic acids is 1. The number of unbranched alkanes of at least 4 members (excludes halogenated alkanes) is 1. The monoisotopic (exact) mass is 250 g/mol. The van der Waals surface area contributed by atoms with E-state index in [0.717, 1.165) is 6.42 Å². The Kier molecular flexibility index (Phi) is 5.46. The molecular weight excluding hydrogens is 228 g/mol. The molecule has 0 aliphatic carbocycles. The number of esters is 1. The Morgan fingerprint density at radius 3 is 2.19 bits per heavy atom. The van der Waals surface area contributed by atoms with Crippen LogP contribution in [0.2, 0.25) is 0 Å². The maximum atomic E-state index is 11.7. The van der Waals surface area contributed by atoms with Crippen LogP contribution >= 0.6 is 0 Å². The van der Waals surface area contributed by atoms with Gasteiger partial charge in [-0.2, -0.15) is 0 Å². The highest BCUT2D eigenvalue weighted by Crippen LogP contribution is 2.13. The molecule has 0 heterocycles. The van der Waals surface area contributed by atoms with Crippen LogP contribution in [0.1, 0.15) is 47.5 Å². The SMILES string of the molecule is CCCCS(=O)(=O)C(C)C(=O)OC(C)(C)C. The number of hydrogen-bond acceptors (Lipinski definition) is 4. The summed E-state index contributed by atoms with van der Waals surface area (Å²) in [4.78, 5) is 11.6. The van der Waals surface area contributed by atoms with Crippen LogP contribution in [-0.4, -0.2) is 31.0 Å². The van der Waals surface area contributed by atoms with Gasteiger partial charge in [0.15, 0.2) is 15.1 Å². The topological polar surface area (TPSA) is 60.4 Å². The molecule has 0 saturated heterocycles. The number of rotatable bonds is 5. The van der Waals surface area contributed by atoms with Gasteiger partial charge in [0.05, 0.1) is 5.75 Å². The summed E-state index contributed by atoms with van der Waals surface area (Å²) in [6.45, 7) is 8.45. The number of carbonyl (C=O) groups is 1. The van der Waals surface area contributed by atoms with E-state index in [1.165, 1.54) is 6.92 Å². The molecule has 0 amide bonds. The van der Waals surface area contributed by atoms with Gasteiger partial charge in [-0.3, -0.25) is 4.79 Å². The number of sulfone groups is 1. The van der Waals surface area contributed by atoms with E-state index in [1.54, 1.807) is 20.8 Å². The summed E-state index contributed by atoms with van der Waals surface area (Å²) in [5.74, 6) is -0.618. The second-order valence-electron chi connectivity index (χ2n) is 4.90. The molecule has 1 atom stereocenters. The average molecular weight is 250 g/mol. The molecule has 0 fully saturated rings. The van der Waals surface area contributed by atoms with E-state index in [2.05, 4.69) is 0 Å². The molecule has 0 saturated carbocycles. The van der Waals surface area contributed by atoms with Crippen LogP contribution in [0.5, 0.6) is 0 Å². The fraction of sp³-hybridized carbons (Fsp3) is 0.909. The molecule has 0 aromatic rings. The van der Waals surface area contributed by atoms with Crippen molar-refractivity contribution in [3.63, 3.8) is 0 Å². The molecule has 0 radical (unpaired) electrons. The first-order chi connectivity index (χ1) is 7.10. The second-order valence-corrected chi connectivity index (χ2v) is 7.34. The van der Waals surface area contributed by atoms with Gasteiger partial charge < -0.3 is 4.74 Å². The molecule has 16 heavy (non-hydrogen) atoms. The van der Waals surface area contributed by atoms with Crippen molar-refractivity contribution >= 4 is 15.8 Å². The lowest BCUT2D eigenvalue weighted by Gasteiger charge is -2.22. The summed E-state index contributed by atoms with van der Waals surface area (Å²) in [5.41, 5.74) is -0.647. The third-order valence-corrected chi connectivity index (χ3v) is 4.19. The van der Waals surface area contributed by atoms with Crippen LogP contribution in [0, 0.1) is 0 Å². The van der Waals surface area contributed by atoms with Crippen molar-refractivity contribution in [2.45, 2.75) is 58.3 Å². The molecule has 0 N–H and O–H groups in total. The van der Waals surface area contributed by atoms with Crippen LogP contribution in [0.4, 0.5) is 0 Å². The van der Waals surface area contributed by atoms with Gasteiger partial charge in [0.2, 0.25) is 0 Å². The Morgan fingerprint density at radius 2 is 1.81 bits per heavy atom. The molecule has 4 nitrogen and oxygen atoms in total. The molecule has 0 spiro atoms. The average Bonchev–Trinajstić information content (AvgIpc) is 2.10. The molecule has 0 aliphatic heterocycles. The summed E-state index contributed by atoms with van der Waals surface area (Å²) in [5, 5.41) is -1.07. The molecular formula is C11H22O4S. The van der Waals surface area contributed by atoms with Crippen LogP contribution in [0.25, 0.3) is 0 Å². The zero-order chi connectivity index (χ0) is 13.0. The van der Waals surface area contributed by atoms with Gasteiger partial charge in [-0.25, -0.2) is 8.42 Å². The summed E-state index contributed by atoms with van der Waals surface area (Å²) >= 11 is 0. The molecule has 0 rings (SSSR count). The quantitative estimate of drug-likeness (QED) is 0.699. The van der Waals surface area contributed by atoms with E-state index in [9.17, 15) is 13.2 Å². The first-order valence-electron chi connectivity index (χ1n) is 5.54. The predicted octanol–water partition coefficient (Wildman–Crippen LogP) is 1.93. The minimum Gasteiger partial charge on any atom is -0.459 e. The van der Waals surface area contributed by atoms with Crippen molar-refractivity contribution in [3.8, 4) is 0 Å². The maximum absolute atomic E-state index is 11.7. The van der Waals surface area contributed by atoms with Crippen LogP contribution < -0.4 is 0 Å². The van der Waals surface area contributed by atoms with Gasteiger partial charge in [0.1, 0.15) is 5.60 Å². The molecule has 0 bridgehead atoms. The largest absolute Gasteiger partial charge is 0.459 e. The van der Waals surface area contributed by atoms with E-state index in [4.69, 9.17) is 4.74 Å². The van der Waals surface area contributed by atoms with Crippen LogP contribution in [0.3, 0.4) is 0 Å². The minimum atomic E-state index is -3.37. The zero-order valence-electron chi connectivity index (χ0n) is 10.7. The lowest BCUT2D eigenvalue weighted by molar-refractivity contribution is -0.153. The van der Waals surface area contributed by atoms with Gasteiger partial charge in [0.25, 0.3) is 0 Å². The Bertz CT molecular complexity index is 324. The van der Waals surface area contributed by atoms with E-state index < -0.39 is 26.7 Å². The zero-order valence-corrected chi connectivity index (χ0v) is 11.6. The first kappa shape index (κ1) is 15.4. The Labute approximate surface area is 98.3 Å². The van der Waals surface area contributed by atoms with E-state index >= 15 is 0 Å². The predicted molar refractivity (Wildman–Crippen MR) is 64.0 cm³/mol. The third-order valence-electron chi connectivity index (χ3n) is 2.06. The standard InChI is InChI=1S/C11H22O4S/c1-6-7-8-16(13,14)9(2)10(12)15-11(3,4)5/h9H,6-8H2,1-5H3. The lowest BCUT2D eigenvalue weighted by Crippen LogP contribution is -2.36. The van der Waals surface area contributed by atoms with Crippen molar-refractivity contribution in [1.82, 2.24) is 0 Å². The Morgan fingerprint density at radius 1 is 1.31 bits per heavy atom. The Hall–Kier alpha value is -0.580. The van der Waals surface area contributed by atoms with Crippen molar-refractivity contribution in [2.75, 3.05) is 5.75 Å². The van der Waals surface area contributed by atoms with Crippen molar-refractivity contribution in [1.29, 1.82) is 0 Å². The molecule has 5 heteroatoms. The van der Waals surface area contributed by atoms with Gasteiger partial charge in [-0.15, -0.1) is 0 Å². The Balaban J connectivity index is 4.55. The number of hydrogen-bond donors (Lipinski definition) is 0. The number of ether oxygens (including phenoxy) is 1.